The van der Waals surface area contributed by atoms with Crippen LogP contribution in [0.3, 0.4) is 0 Å². The standard InChI is InChI=1S/C20H18N2S/c1-2-7-15(8-3-1)13-20-22-18-12-6-10-16-9-4-5-11-17(16)21-14-19(18)23-20/h1-9,11-12,21H,10,13-14H2/b12-6-. The first kappa shape index (κ1) is 14.2. The summed E-state index contributed by atoms with van der Waals surface area (Å²) in [5.41, 5.74) is 4.99. The van der Waals surface area contributed by atoms with E-state index in [-0.39, 0.29) is 0 Å². The Bertz CT molecular complexity index is 834. The topological polar surface area (TPSA) is 24.9 Å². The minimum atomic E-state index is 0.836. The van der Waals surface area contributed by atoms with Crippen molar-refractivity contribution in [2.75, 3.05) is 5.32 Å². The summed E-state index contributed by atoms with van der Waals surface area (Å²) in [7, 11) is 0. The Morgan fingerprint density at radius 1 is 1.00 bits per heavy atom. The van der Waals surface area contributed by atoms with Gasteiger partial charge in [0.25, 0.3) is 0 Å². The third kappa shape index (κ3) is 3.20. The Balaban J connectivity index is 1.61. The number of nitrogens with one attached hydrogen (secondary N) is 1. The van der Waals surface area contributed by atoms with E-state index in [1.54, 1.807) is 0 Å². The molecule has 1 aromatic heterocycles. The van der Waals surface area contributed by atoms with Crippen LogP contribution >= 0.6 is 11.3 Å². The predicted octanol–water partition coefficient (Wildman–Crippen LogP) is 4.92. The summed E-state index contributed by atoms with van der Waals surface area (Å²) < 4.78 is 0. The van der Waals surface area contributed by atoms with Crippen LogP contribution in [0, 0.1) is 0 Å². The zero-order chi connectivity index (χ0) is 15.5. The Morgan fingerprint density at radius 3 is 2.74 bits per heavy atom. The van der Waals surface area contributed by atoms with Gasteiger partial charge in [0.1, 0.15) is 0 Å². The number of allylic oxidation sites excluding steroid dienone is 1. The molecule has 0 atom stereocenters. The Morgan fingerprint density at radius 2 is 1.83 bits per heavy atom. The summed E-state index contributed by atoms with van der Waals surface area (Å²) in [5, 5.41) is 4.75. The lowest BCUT2D eigenvalue weighted by Gasteiger charge is -2.09. The average molecular weight is 318 g/mol. The maximum absolute atomic E-state index is 4.84. The van der Waals surface area contributed by atoms with Gasteiger partial charge in [0.05, 0.1) is 22.1 Å². The molecular formula is C20H18N2S. The summed E-state index contributed by atoms with van der Waals surface area (Å²) in [4.78, 5) is 6.15. The van der Waals surface area contributed by atoms with Gasteiger partial charge < -0.3 is 5.32 Å². The molecule has 2 nitrogen and oxygen atoms in total. The highest BCUT2D eigenvalue weighted by Gasteiger charge is 2.12. The van der Waals surface area contributed by atoms with Crippen LogP contribution in [0.4, 0.5) is 5.69 Å². The van der Waals surface area contributed by atoms with Crippen molar-refractivity contribution in [3.05, 3.63) is 87.4 Å². The van der Waals surface area contributed by atoms with Crippen LogP contribution in [-0.2, 0) is 19.4 Å². The van der Waals surface area contributed by atoms with Gasteiger partial charge in [0.2, 0.25) is 0 Å². The van der Waals surface area contributed by atoms with Gasteiger partial charge >= 0.3 is 0 Å². The first-order chi connectivity index (χ1) is 11.4. The fourth-order valence-corrected chi connectivity index (χ4v) is 3.89. The number of anilines is 1. The number of nitrogens with zero attached hydrogens (tertiary/aromatic N) is 1. The summed E-state index contributed by atoms with van der Waals surface area (Å²) >= 11 is 1.81. The molecule has 2 aromatic carbocycles. The van der Waals surface area contributed by atoms with Crippen LogP contribution in [0.25, 0.3) is 6.08 Å². The number of fused-ring (bicyclic) bond motifs is 2. The van der Waals surface area contributed by atoms with Crippen molar-refractivity contribution in [1.82, 2.24) is 4.98 Å². The van der Waals surface area contributed by atoms with E-state index in [4.69, 9.17) is 4.98 Å². The minimum absolute atomic E-state index is 0.836. The van der Waals surface area contributed by atoms with E-state index in [0.717, 1.165) is 25.1 Å². The van der Waals surface area contributed by atoms with Crippen molar-refractivity contribution < 1.29 is 0 Å². The minimum Gasteiger partial charge on any atom is -0.380 e. The Labute approximate surface area is 140 Å². The van der Waals surface area contributed by atoms with Gasteiger partial charge in [-0.05, 0) is 29.7 Å². The molecule has 1 N–H and O–H groups in total. The third-order valence-electron chi connectivity index (χ3n) is 4.04. The van der Waals surface area contributed by atoms with Crippen molar-refractivity contribution in [1.29, 1.82) is 0 Å². The van der Waals surface area contributed by atoms with E-state index in [0.29, 0.717) is 0 Å². The average Bonchev–Trinajstić information content (AvgIpc) is 2.98. The zero-order valence-corrected chi connectivity index (χ0v) is 13.6. The fourth-order valence-electron chi connectivity index (χ4n) is 2.86. The molecule has 0 aliphatic carbocycles. The van der Waals surface area contributed by atoms with Crippen molar-refractivity contribution in [2.45, 2.75) is 19.4 Å². The Kier molecular flexibility index (Phi) is 3.95. The number of rotatable bonds is 2. The monoisotopic (exact) mass is 318 g/mol. The number of benzene rings is 2. The first-order valence-corrected chi connectivity index (χ1v) is 8.71. The molecule has 23 heavy (non-hydrogen) atoms. The molecule has 2 heterocycles. The molecule has 1 aliphatic rings. The molecule has 0 amide bonds. The van der Waals surface area contributed by atoms with Gasteiger partial charge in [-0.25, -0.2) is 4.98 Å². The first-order valence-electron chi connectivity index (χ1n) is 7.89. The van der Waals surface area contributed by atoms with Gasteiger partial charge in [-0.1, -0.05) is 54.6 Å². The van der Waals surface area contributed by atoms with Gasteiger partial charge in [-0.3, -0.25) is 0 Å². The molecule has 1 aliphatic heterocycles. The van der Waals surface area contributed by atoms with Crippen molar-refractivity contribution in [3.8, 4) is 0 Å². The largest absolute Gasteiger partial charge is 0.380 e. The van der Waals surface area contributed by atoms with E-state index in [9.17, 15) is 0 Å². The van der Waals surface area contributed by atoms with Crippen LogP contribution in [0.2, 0.25) is 0 Å². The van der Waals surface area contributed by atoms with Crippen LogP contribution in [-0.4, -0.2) is 4.98 Å². The SMILES string of the molecule is C1=C\c2nc(Cc3ccccc3)sc2CNc2ccccc2C/1. The maximum Gasteiger partial charge on any atom is 0.0979 e. The molecule has 114 valence electrons. The predicted molar refractivity (Wildman–Crippen MR) is 97.9 cm³/mol. The van der Waals surface area contributed by atoms with Gasteiger partial charge in [-0.2, -0.15) is 0 Å². The summed E-state index contributed by atoms with van der Waals surface area (Å²) in [5.74, 6) is 0. The van der Waals surface area contributed by atoms with E-state index in [1.807, 2.05) is 11.3 Å². The lowest BCUT2D eigenvalue weighted by molar-refractivity contribution is 1.11. The van der Waals surface area contributed by atoms with E-state index in [1.165, 1.54) is 26.7 Å². The molecule has 0 saturated heterocycles. The van der Waals surface area contributed by atoms with Crippen molar-refractivity contribution in [3.63, 3.8) is 0 Å². The van der Waals surface area contributed by atoms with E-state index < -0.39 is 0 Å². The highest BCUT2D eigenvalue weighted by molar-refractivity contribution is 7.11. The highest BCUT2D eigenvalue weighted by atomic mass is 32.1. The second-order valence-corrected chi connectivity index (χ2v) is 6.86. The molecule has 3 heteroatoms. The lowest BCUT2D eigenvalue weighted by Crippen LogP contribution is -2.00. The molecule has 0 fully saturated rings. The molecular weight excluding hydrogens is 300 g/mol. The molecule has 3 aromatic rings. The van der Waals surface area contributed by atoms with Crippen molar-refractivity contribution in [2.24, 2.45) is 0 Å². The smallest absolute Gasteiger partial charge is 0.0979 e. The number of hydrogen-bond acceptors (Lipinski definition) is 3. The fraction of sp³-hybridized carbons (Fsp3) is 0.150. The van der Waals surface area contributed by atoms with Crippen LogP contribution in [0.1, 0.15) is 26.7 Å². The molecule has 0 spiro atoms. The highest BCUT2D eigenvalue weighted by Crippen LogP contribution is 2.26. The lowest BCUT2D eigenvalue weighted by atomic mass is 10.1. The van der Waals surface area contributed by atoms with Gasteiger partial charge in [0.15, 0.2) is 0 Å². The van der Waals surface area contributed by atoms with Crippen LogP contribution < -0.4 is 5.32 Å². The van der Waals surface area contributed by atoms with Crippen LogP contribution in [0.15, 0.2) is 60.7 Å². The zero-order valence-electron chi connectivity index (χ0n) is 12.8. The van der Waals surface area contributed by atoms with E-state index in [2.05, 4.69) is 72.1 Å². The van der Waals surface area contributed by atoms with Gasteiger partial charge in [0, 0.05) is 12.1 Å². The molecule has 0 radical (unpaired) electrons. The molecule has 0 bridgehead atoms. The number of para-hydroxylation sites is 1. The molecule has 0 saturated carbocycles. The second kappa shape index (κ2) is 6.39. The van der Waals surface area contributed by atoms with Crippen molar-refractivity contribution >= 4 is 23.1 Å². The molecule has 4 rings (SSSR count). The van der Waals surface area contributed by atoms with Crippen LogP contribution in [0.5, 0.6) is 0 Å². The summed E-state index contributed by atoms with van der Waals surface area (Å²) in [6.07, 6.45) is 6.23. The van der Waals surface area contributed by atoms with E-state index >= 15 is 0 Å². The van der Waals surface area contributed by atoms with Gasteiger partial charge in [-0.15, -0.1) is 11.3 Å². The summed E-state index contributed by atoms with van der Waals surface area (Å²) in [6.45, 7) is 0.836. The number of hydrogen-bond donors (Lipinski definition) is 1. The normalized spacial score (nSPS) is 14.6. The number of thiazole rings is 1. The number of aromatic nitrogens is 1. The third-order valence-corrected chi connectivity index (χ3v) is 5.11. The molecule has 0 unspecified atom stereocenters. The summed E-state index contributed by atoms with van der Waals surface area (Å²) in [6, 6.07) is 19.1. The second-order valence-electron chi connectivity index (χ2n) is 5.70. The quantitative estimate of drug-likeness (QED) is 0.726. The Hall–Kier alpha value is -2.39. The maximum atomic E-state index is 4.84.